The second-order valence-electron chi connectivity index (χ2n) is 3.77. The molecule has 0 aliphatic heterocycles. The molecule has 7 heteroatoms. The molecule has 1 aromatic rings. The number of hydrogen-bond donors (Lipinski definition) is 0. The number of halogens is 2. The molecule has 0 N–H and O–H groups in total. The van der Waals surface area contributed by atoms with Gasteiger partial charge in [0.15, 0.2) is 5.71 Å². The van der Waals surface area contributed by atoms with Gasteiger partial charge in [-0.2, -0.15) is 0 Å². The van der Waals surface area contributed by atoms with Crippen LogP contribution in [0.2, 0.25) is 0 Å². The van der Waals surface area contributed by atoms with Crippen LogP contribution in [0.3, 0.4) is 0 Å². The minimum atomic E-state index is -4.94. The van der Waals surface area contributed by atoms with Gasteiger partial charge in [-0.15, -0.1) is 10.2 Å². The van der Waals surface area contributed by atoms with Crippen LogP contribution in [0.15, 0.2) is 36.4 Å². The van der Waals surface area contributed by atoms with E-state index in [0.29, 0.717) is 0 Å². The minimum absolute atomic E-state index is 0.775. The van der Waals surface area contributed by atoms with E-state index >= 15 is 0 Å². The van der Waals surface area contributed by atoms with Crippen LogP contribution in [0.4, 0.5) is 0 Å². The summed E-state index contributed by atoms with van der Waals surface area (Å²) in [5.41, 5.74) is 2.19. The Morgan fingerprint density at radius 2 is 1.53 bits per heavy atom. The summed E-state index contributed by atoms with van der Waals surface area (Å²) in [5, 5.41) is 0.775. The highest BCUT2D eigenvalue weighted by atomic mass is 35.7. The molecule has 0 fully saturated rings. The molecule has 0 aliphatic carbocycles. The van der Waals surface area contributed by atoms with Crippen LogP contribution in [0, 0.1) is 10.2 Å². The van der Waals surface area contributed by atoms with Crippen molar-refractivity contribution in [3.8, 4) is 0 Å². The van der Waals surface area contributed by atoms with Crippen LogP contribution >= 0.6 is 11.6 Å². The van der Waals surface area contributed by atoms with Gasteiger partial charge in [0.05, 0.1) is 5.03 Å². The summed E-state index contributed by atoms with van der Waals surface area (Å²) in [6.45, 7) is 2.03. The predicted octanol–water partition coefficient (Wildman–Crippen LogP) is -1.76. The number of hydrogen-bond acceptors (Lipinski definition) is 4. The van der Waals surface area contributed by atoms with Crippen molar-refractivity contribution >= 4 is 22.3 Å². The molecule has 0 spiro atoms. The van der Waals surface area contributed by atoms with Crippen molar-refractivity contribution in [2.75, 3.05) is 14.1 Å². The Morgan fingerprint density at radius 3 is 1.89 bits per heavy atom. The Hall–Kier alpha value is -0.950. The van der Waals surface area contributed by atoms with Crippen LogP contribution in [0.25, 0.3) is 5.03 Å². The van der Waals surface area contributed by atoms with Crippen molar-refractivity contribution < 1.29 is 33.5 Å². The van der Waals surface area contributed by atoms with E-state index in [0.717, 1.165) is 16.3 Å². The van der Waals surface area contributed by atoms with Crippen molar-refractivity contribution in [2.24, 2.45) is 0 Å². The lowest BCUT2D eigenvalue weighted by Crippen LogP contribution is -2.68. The molecule has 1 rings (SSSR count). The summed E-state index contributed by atoms with van der Waals surface area (Å²) in [6.07, 6.45) is 1.97. The third-order valence-corrected chi connectivity index (χ3v) is 2.42. The molecule has 0 atom stereocenters. The zero-order valence-corrected chi connectivity index (χ0v) is 12.3. The van der Waals surface area contributed by atoms with Crippen molar-refractivity contribution in [1.82, 2.24) is 0 Å². The average molecular weight is 308 g/mol. The van der Waals surface area contributed by atoms with Crippen molar-refractivity contribution in [2.45, 2.75) is 6.92 Å². The molecule has 5 nitrogen and oxygen atoms in total. The van der Waals surface area contributed by atoms with Gasteiger partial charge in [-0.25, -0.2) is 23.2 Å². The number of nitrogens with zero attached hydrogens (tertiary/aromatic N) is 1. The molecule has 0 amide bonds. The van der Waals surface area contributed by atoms with Crippen LogP contribution in [0.5, 0.6) is 0 Å². The first-order valence-corrected chi connectivity index (χ1v) is 6.77. The number of benzene rings is 1. The van der Waals surface area contributed by atoms with E-state index in [9.17, 15) is 0 Å². The molecule has 0 radical (unpaired) electrons. The Labute approximate surface area is 119 Å². The van der Waals surface area contributed by atoms with E-state index in [1.54, 1.807) is 0 Å². The molecule has 0 unspecified atom stereocenters. The van der Waals surface area contributed by atoms with E-state index in [1.165, 1.54) is 0 Å². The predicted molar refractivity (Wildman–Crippen MR) is 63.1 cm³/mol. The van der Waals surface area contributed by atoms with Gasteiger partial charge < -0.3 is 0 Å². The summed E-state index contributed by atoms with van der Waals surface area (Å²) in [4.78, 5) is 0. The Morgan fingerprint density at radius 1 is 1.11 bits per heavy atom. The van der Waals surface area contributed by atoms with E-state index in [2.05, 4.69) is 0 Å². The maximum Gasteiger partial charge on any atom is 0.173 e. The lowest BCUT2D eigenvalue weighted by molar-refractivity contribution is -2.00. The first-order valence-electron chi connectivity index (χ1n) is 5.16. The van der Waals surface area contributed by atoms with Crippen molar-refractivity contribution in [3.05, 3.63) is 42.0 Å². The molecular weight excluding hydrogens is 293 g/mol. The normalized spacial score (nSPS) is 11.5. The van der Waals surface area contributed by atoms with Gasteiger partial charge in [0.25, 0.3) is 0 Å². The molecule has 0 bridgehead atoms. The highest BCUT2D eigenvalue weighted by Crippen LogP contribution is 2.17. The van der Waals surface area contributed by atoms with Gasteiger partial charge in [-0.1, -0.05) is 41.9 Å². The largest absolute Gasteiger partial charge is 0.239 e. The average Bonchev–Trinajstić information content (AvgIpc) is 2.27. The zero-order valence-electron chi connectivity index (χ0n) is 10.8. The van der Waals surface area contributed by atoms with Gasteiger partial charge in [-0.05, 0) is 5.56 Å². The second kappa shape index (κ2) is 8.27. The molecule has 0 saturated carbocycles. The molecular formula is C12H15Cl2NO4. The first-order chi connectivity index (χ1) is 8.61. The third kappa shape index (κ3) is 10.6. The Kier molecular flexibility index (Phi) is 7.85. The van der Waals surface area contributed by atoms with E-state index < -0.39 is 10.2 Å². The topological polar surface area (TPSA) is 95.2 Å². The van der Waals surface area contributed by atoms with Crippen molar-refractivity contribution in [3.63, 3.8) is 0 Å². The number of rotatable bonds is 2. The number of allylic oxidation sites excluding steroid dienone is 1. The zero-order chi connectivity index (χ0) is 15.1. The fourth-order valence-electron chi connectivity index (χ4n) is 0.993. The van der Waals surface area contributed by atoms with Gasteiger partial charge in [-0.3, -0.25) is 0 Å². The molecule has 1 aromatic carbocycles. The summed E-state index contributed by atoms with van der Waals surface area (Å²) >= 11 is 6.16. The minimum Gasteiger partial charge on any atom is -0.239 e. The summed E-state index contributed by atoms with van der Waals surface area (Å²) in [6, 6.07) is 9.95. The van der Waals surface area contributed by atoms with E-state index in [1.807, 2.05) is 62.0 Å². The van der Waals surface area contributed by atoms with E-state index in [-0.39, 0.29) is 0 Å². The first kappa shape index (κ1) is 18.0. The SMILES string of the molecule is CC(C=C(Cl)c1ccccc1)=[N+](C)C.[O-][Cl+3]([O-])([O-])[O-]. The highest BCUT2D eigenvalue weighted by Gasteiger charge is 2.00. The fourth-order valence-corrected chi connectivity index (χ4v) is 1.28. The second-order valence-corrected chi connectivity index (χ2v) is 4.94. The summed E-state index contributed by atoms with van der Waals surface area (Å²) in [5.74, 6) is 0. The smallest absolute Gasteiger partial charge is 0.173 e. The van der Waals surface area contributed by atoms with Gasteiger partial charge in [0.1, 0.15) is 14.1 Å². The molecule has 19 heavy (non-hydrogen) atoms. The fraction of sp³-hybridized carbons (Fsp3) is 0.250. The molecule has 0 saturated heterocycles. The molecule has 0 heterocycles. The maximum atomic E-state index is 8.49. The van der Waals surface area contributed by atoms with Gasteiger partial charge in [0.2, 0.25) is 0 Å². The lowest BCUT2D eigenvalue weighted by atomic mass is 10.2. The maximum absolute atomic E-state index is 8.49. The highest BCUT2D eigenvalue weighted by molar-refractivity contribution is 6.50. The van der Waals surface area contributed by atoms with Crippen LogP contribution in [0.1, 0.15) is 12.5 Å². The summed E-state index contributed by atoms with van der Waals surface area (Å²) < 4.78 is 36.0. The summed E-state index contributed by atoms with van der Waals surface area (Å²) in [7, 11) is -0.942. The Bertz CT molecular complexity index is 443. The standard InChI is InChI=1S/C12H15ClN.ClHO4/c1-10(14(2)3)9-12(13)11-7-5-4-6-8-11;2-1(3,4)5/h4-9H,1-3H3;(H,2,3,4,5)/q+1;/p-1. The monoisotopic (exact) mass is 307 g/mol. The van der Waals surface area contributed by atoms with E-state index in [4.69, 9.17) is 30.2 Å². The van der Waals surface area contributed by atoms with Crippen LogP contribution in [-0.2, 0) is 0 Å². The molecule has 0 aliphatic rings. The van der Waals surface area contributed by atoms with Gasteiger partial charge in [0, 0.05) is 13.0 Å². The third-order valence-electron chi connectivity index (χ3n) is 2.09. The quantitative estimate of drug-likeness (QED) is 0.478. The van der Waals surface area contributed by atoms with Crippen LogP contribution < -0.4 is 18.6 Å². The van der Waals surface area contributed by atoms with Crippen LogP contribution in [-0.4, -0.2) is 24.4 Å². The van der Waals surface area contributed by atoms with Gasteiger partial charge >= 0.3 is 0 Å². The Balaban J connectivity index is 0.000000555. The molecule has 0 aromatic heterocycles. The lowest BCUT2D eigenvalue weighted by Gasteiger charge is -2.17. The van der Waals surface area contributed by atoms with Crippen molar-refractivity contribution in [1.29, 1.82) is 0 Å². The molecule has 106 valence electrons.